The van der Waals surface area contributed by atoms with E-state index in [0.29, 0.717) is 12.0 Å². The molecule has 6 nitrogen and oxygen atoms in total. The Labute approximate surface area is 185 Å². The van der Waals surface area contributed by atoms with Crippen LogP contribution >= 0.6 is 0 Å². The summed E-state index contributed by atoms with van der Waals surface area (Å²) in [6.07, 6.45) is 4.63. The molecule has 1 aliphatic rings. The van der Waals surface area contributed by atoms with Gasteiger partial charge in [-0.1, -0.05) is 44.2 Å². The van der Waals surface area contributed by atoms with E-state index in [1.165, 1.54) is 16.7 Å². The largest absolute Gasteiger partial charge is 0.351 e. The van der Waals surface area contributed by atoms with Crippen LogP contribution in [0.2, 0.25) is 0 Å². The first-order valence-corrected chi connectivity index (χ1v) is 11.1. The van der Waals surface area contributed by atoms with Crippen molar-refractivity contribution in [1.82, 2.24) is 20.2 Å². The van der Waals surface area contributed by atoms with E-state index in [4.69, 9.17) is 0 Å². The third-order valence-electron chi connectivity index (χ3n) is 6.28. The van der Waals surface area contributed by atoms with E-state index in [1.54, 1.807) is 0 Å². The average Bonchev–Trinajstić information content (AvgIpc) is 2.78. The quantitative estimate of drug-likeness (QED) is 0.618. The van der Waals surface area contributed by atoms with Gasteiger partial charge in [-0.25, -0.2) is 4.98 Å². The second kappa shape index (κ2) is 9.00. The van der Waals surface area contributed by atoms with Crippen molar-refractivity contribution >= 4 is 11.6 Å². The summed E-state index contributed by atoms with van der Waals surface area (Å²) in [7, 11) is 0. The first kappa shape index (κ1) is 21.2. The summed E-state index contributed by atoms with van der Waals surface area (Å²) in [4.78, 5) is 14.0. The number of rotatable bonds is 5. The minimum atomic E-state index is 0.318. The zero-order valence-electron chi connectivity index (χ0n) is 19.2. The van der Waals surface area contributed by atoms with Crippen LogP contribution in [-0.4, -0.2) is 45.8 Å². The van der Waals surface area contributed by atoms with Crippen molar-refractivity contribution in [2.24, 2.45) is 0 Å². The average molecular weight is 417 g/mol. The van der Waals surface area contributed by atoms with E-state index >= 15 is 0 Å². The Morgan fingerprint density at radius 3 is 2.39 bits per heavy atom. The van der Waals surface area contributed by atoms with Crippen LogP contribution < -0.4 is 9.80 Å². The molecule has 6 heteroatoms. The molecule has 1 atom stereocenters. The first-order valence-electron chi connectivity index (χ1n) is 11.1. The summed E-state index contributed by atoms with van der Waals surface area (Å²) < 4.78 is 0. The molecule has 3 aromatic rings. The van der Waals surface area contributed by atoms with Crippen LogP contribution in [0.25, 0.3) is 0 Å². The van der Waals surface area contributed by atoms with Crippen LogP contribution in [0.5, 0.6) is 0 Å². The number of piperazine rings is 1. The van der Waals surface area contributed by atoms with E-state index in [2.05, 4.69) is 88.8 Å². The molecule has 0 amide bonds. The van der Waals surface area contributed by atoms with Crippen molar-refractivity contribution in [2.75, 3.05) is 29.4 Å². The van der Waals surface area contributed by atoms with E-state index in [0.717, 1.165) is 49.1 Å². The molecule has 1 aromatic carbocycles. The van der Waals surface area contributed by atoms with Gasteiger partial charge in [-0.05, 0) is 43.4 Å². The predicted octanol–water partition coefficient (Wildman–Crippen LogP) is 4.31. The van der Waals surface area contributed by atoms with Crippen molar-refractivity contribution < 1.29 is 0 Å². The number of nitrogens with zero attached hydrogens (tertiary/aromatic N) is 6. The molecule has 3 heterocycles. The number of hydrogen-bond acceptors (Lipinski definition) is 6. The van der Waals surface area contributed by atoms with Crippen LogP contribution in [-0.2, 0) is 6.42 Å². The lowest BCUT2D eigenvalue weighted by Crippen LogP contribution is -2.53. The van der Waals surface area contributed by atoms with Crippen LogP contribution in [0.4, 0.5) is 11.6 Å². The highest BCUT2D eigenvalue weighted by Gasteiger charge is 2.27. The van der Waals surface area contributed by atoms with Crippen LogP contribution in [0.3, 0.4) is 0 Å². The van der Waals surface area contributed by atoms with Gasteiger partial charge in [-0.3, -0.25) is 4.98 Å². The maximum Gasteiger partial charge on any atom is 0.154 e. The zero-order chi connectivity index (χ0) is 22.0. The fourth-order valence-electron chi connectivity index (χ4n) is 4.17. The van der Waals surface area contributed by atoms with E-state index in [9.17, 15) is 0 Å². The summed E-state index contributed by atoms with van der Waals surface area (Å²) in [5.74, 6) is 2.35. The Morgan fingerprint density at radius 2 is 1.74 bits per heavy atom. The molecular formula is C25H32N6. The maximum absolute atomic E-state index is 4.67. The second-order valence-corrected chi connectivity index (χ2v) is 8.83. The molecular weight excluding hydrogens is 384 g/mol. The first-order chi connectivity index (χ1) is 14.9. The molecule has 1 fully saturated rings. The SMILES string of the molecule is Cc1c(Cc2ccccc2)nnc(N2CCN(c3cnc(C(C)C)cn3)C(C)C2)c1C. The Hall–Kier alpha value is -3.02. The van der Waals surface area contributed by atoms with Crippen molar-refractivity contribution in [3.8, 4) is 0 Å². The van der Waals surface area contributed by atoms with E-state index in [1.807, 2.05) is 18.5 Å². The lowest BCUT2D eigenvalue weighted by molar-refractivity contribution is 0.538. The molecule has 1 aliphatic heterocycles. The molecule has 2 aromatic heterocycles. The smallest absolute Gasteiger partial charge is 0.154 e. The third-order valence-corrected chi connectivity index (χ3v) is 6.28. The highest BCUT2D eigenvalue weighted by atomic mass is 15.3. The molecule has 1 unspecified atom stereocenters. The fraction of sp³-hybridized carbons (Fsp3) is 0.440. The van der Waals surface area contributed by atoms with Crippen LogP contribution in [0.1, 0.15) is 54.8 Å². The van der Waals surface area contributed by atoms with Gasteiger partial charge >= 0.3 is 0 Å². The second-order valence-electron chi connectivity index (χ2n) is 8.83. The molecule has 0 N–H and O–H groups in total. The monoisotopic (exact) mass is 416 g/mol. The minimum absolute atomic E-state index is 0.318. The van der Waals surface area contributed by atoms with Crippen molar-refractivity contribution in [2.45, 2.75) is 53.0 Å². The Balaban J connectivity index is 1.48. The molecule has 0 spiro atoms. The summed E-state index contributed by atoms with van der Waals surface area (Å²) in [5, 5.41) is 9.26. The van der Waals surface area contributed by atoms with Gasteiger partial charge in [-0.15, -0.1) is 5.10 Å². The van der Waals surface area contributed by atoms with Crippen LogP contribution in [0, 0.1) is 13.8 Å². The normalized spacial score (nSPS) is 16.8. The van der Waals surface area contributed by atoms with Gasteiger partial charge in [0.2, 0.25) is 0 Å². The van der Waals surface area contributed by atoms with E-state index < -0.39 is 0 Å². The summed E-state index contributed by atoms with van der Waals surface area (Å²) in [6, 6.07) is 10.8. The lowest BCUT2D eigenvalue weighted by atomic mass is 10.0. The van der Waals surface area contributed by atoms with Gasteiger partial charge in [0, 0.05) is 32.1 Å². The van der Waals surface area contributed by atoms with Crippen molar-refractivity contribution in [3.63, 3.8) is 0 Å². The van der Waals surface area contributed by atoms with Crippen molar-refractivity contribution in [1.29, 1.82) is 0 Å². The minimum Gasteiger partial charge on any atom is -0.351 e. The van der Waals surface area contributed by atoms with Gasteiger partial charge in [0.05, 0.1) is 23.8 Å². The molecule has 0 bridgehead atoms. The van der Waals surface area contributed by atoms with Crippen molar-refractivity contribution in [3.05, 3.63) is 70.8 Å². The maximum atomic E-state index is 4.67. The number of hydrogen-bond donors (Lipinski definition) is 0. The Kier molecular flexibility index (Phi) is 6.16. The van der Waals surface area contributed by atoms with Gasteiger partial charge in [0.25, 0.3) is 0 Å². The Morgan fingerprint density at radius 1 is 0.968 bits per heavy atom. The van der Waals surface area contributed by atoms with Gasteiger partial charge in [0.15, 0.2) is 5.82 Å². The standard InChI is InChI=1S/C25H32N6/c1-17(2)23-14-27-24(15-26-23)31-12-11-30(16-18(31)3)25-20(5)19(4)22(28-29-25)13-21-9-7-6-8-10-21/h6-10,14-15,17-18H,11-13,16H2,1-5H3. The molecule has 0 saturated carbocycles. The topological polar surface area (TPSA) is 58.0 Å². The summed E-state index contributed by atoms with van der Waals surface area (Å²) in [6.45, 7) is 13.5. The molecule has 0 aliphatic carbocycles. The summed E-state index contributed by atoms with van der Waals surface area (Å²) >= 11 is 0. The molecule has 1 saturated heterocycles. The lowest BCUT2D eigenvalue weighted by Gasteiger charge is -2.41. The van der Waals surface area contributed by atoms with E-state index in [-0.39, 0.29) is 0 Å². The fourth-order valence-corrected chi connectivity index (χ4v) is 4.17. The number of anilines is 2. The number of benzene rings is 1. The highest BCUT2D eigenvalue weighted by molar-refractivity contribution is 5.53. The van der Waals surface area contributed by atoms with Gasteiger partial charge < -0.3 is 9.80 Å². The number of aromatic nitrogens is 4. The molecule has 4 rings (SSSR count). The van der Waals surface area contributed by atoms with Gasteiger partial charge in [-0.2, -0.15) is 5.10 Å². The third kappa shape index (κ3) is 4.53. The highest BCUT2D eigenvalue weighted by Crippen LogP contribution is 2.26. The van der Waals surface area contributed by atoms with Gasteiger partial charge in [0.1, 0.15) is 5.82 Å². The summed E-state index contributed by atoms with van der Waals surface area (Å²) in [5.41, 5.74) is 5.81. The molecule has 0 radical (unpaired) electrons. The zero-order valence-corrected chi connectivity index (χ0v) is 19.2. The Bertz CT molecular complexity index is 1020. The molecule has 162 valence electrons. The predicted molar refractivity (Wildman–Crippen MR) is 126 cm³/mol. The molecule has 31 heavy (non-hydrogen) atoms. The van der Waals surface area contributed by atoms with Crippen LogP contribution in [0.15, 0.2) is 42.7 Å².